The summed E-state index contributed by atoms with van der Waals surface area (Å²) in [6.45, 7) is 1.87. The third-order valence-corrected chi connectivity index (χ3v) is 12.1. The average Bonchev–Trinajstić information content (AvgIpc) is 3.24. The molecule has 5 aromatic carbocycles. The zero-order chi connectivity index (χ0) is 38.4. The summed E-state index contributed by atoms with van der Waals surface area (Å²) >= 11 is 0. The molecular formula is C43H44N4O7S. The molecule has 2 heterocycles. The monoisotopic (exact) mass is 760 g/mol. The van der Waals surface area contributed by atoms with E-state index in [-0.39, 0.29) is 48.1 Å². The lowest BCUT2D eigenvalue weighted by Gasteiger charge is -2.44. The number of para-hydroxylation sites is 1. The summed E-state index contributed by atoms with van der Waals surface area (Å²) in [5.41, 5.74) is 2.72. The number of piperazine rings is 2. The number of sulfonamides is 1. The number of carbonyl (C=O) groups excluding carboxylic acids is 2. The van der Waals surface area contributed by atoms with E-state index < -0.39 is 16.1 Å². The molecule has 0 aromatic heterocycles. The summed E-state index contributed by atoms with van der Waals surface area (Å²) in [5.74, 6) is 1.23. The number of methoxy groups -OCH3 is 2. The first-order valence-electron chi connectivity index (χ1n) is 18.3. The molecule has 55 heavy (non-hydrogen) atoms. The van der Waals surface area contributed by atoms with Crippen LogP contribution < -0.4 is 14.2 Å². The van der Waals surface area contributed by atoms with Gasteiger partial charge in [-0.05, 0) is 59.7 Å². The highest BCUT2D eigenvalue weighted by Crippen LogP contribution is 2.34. The van der Waals surface area contributed by atoms with E-state index >= 15 is 0 Å². The van der Waals surface area contributed by atoms with Crippen molar-refractivity contribution in [3.63, 3.8) is 0 Å². The van der Waals surface area contributed by atoms with Crippen LogP contribution in [0.4, 0.5) is 0 Å². The molecule has 1 atom stereocenters. The Hall–Kier alpha value is -5.69. The normalized spacial score (nSPS) is 16.8. The van der Waals surface area contributed by atoms with E-state index in [1.54, 1.807) is 34.1 Å². The molecule has 0 saturated carbocycles. The van der Waals surface area contributed by atoms with Crippen molar-refractivity contribution in [2.75, 3.05) is 60.0 Å². The lowest BCUT2D eigenvalue weighted by atomic mass is 9.96. The van der Waals surface area contributed by atoms with Crippen molar-refractivity contribution in [1.82, 2.24) is 19.0 Å². The summed E-state index contributed by atoms with van der Waals surface area (Å²) in [7, 11) is -1.30. The molecule has 11 nitrogen and oxygen atoms in total. The number of hydrogen-bond acceptors (Lipinski definition) is 8. The average molecular weight is 761 g/mol. The van der Waals surface area contributed by atoms with Gasteiger partial charge in [-0.15, -0.1) is 0 Å². The van der Waals surface area contributed by atoms with Crippen LogP contribution in [0.5, 0.6) is 23.0 Å². The molecule has 0 bridgehead atoms. The molecule has 0 unspecified atom stereocenters. The van der Waals surface area contributed by atoms with Gasteiger partial charge in [-0.25, -0.2) is 8.42 Å². The molecule has 0 N–H and O–H groups in total. The highest BCUT2D eigenvalue weighted by Gasteiger charge is 2.44. The number of rotatable bonds is 11. The molecule has 12 heteroatoms. The van der Waals surface area contributed by atoms with Gasteiger partial charge in [-0.3, -0.25) is 14.5 Å². The Morgan fingerprint density at radius 1 is 0.618 bits per heavy atom. The van der Waals surface area contributed by atoms with E-state index in [0.717, 1.165) is 11.1 Å². The molecule has 2 aliphatic heterocycles. The summed E-state index contributed by atoms with van der Waals surface area (Å²) in [4.78, 5) is 34.2. The molecule has 5 aromatic rings. The number of hydrogen-bond donors (Lipinski definition) is 0. The second-order valence-electron chi connectivity index (χ2n) is 13.4. The van der Waals surface area contributed by atoms with Gasteiger partial charge in [0.15, 0.2) is 11.5 Å². The SMILES string of the molecule is COc1ccc(S(=O)(=O)N2CCN(C(=O)c3ccc(Oc4ccccc4)cc3)C[C@H]2C(=O)N2CCN(C(c3ccccc3)c3ccccc3)CC2)cc1OC. The van der Waals surface area contributed by atoms with Gasteiger partial charge in [0.05, 0.1) is 25.2 Å². The van der Waals surface area contributed by atoms with Crippen molar-refractivity contribution < 1.29 is 32.2 Å². The quantitative estimate of drug-likeness (QED) is 0.163. The molecule has 7 rings (SSSR count). The van der Waals surface area contributed by atoms with Gasteiger partial charge in [0.1, 0.15) is 17.5 Å². The van der Waals surface area contributed by atoms with Crippen molar-refractivity contribution >= 4 is 21.8 Å². The summed E-state index contributed by atoms with van der Waals surface area (Å²) in [5, 5.41) is 0. The third kappa shape index (κ3) is 8.21. The van der Waals surface area contributed by atoms with Crippen molar-refractivity contribution in [2.24, 2.45) is 0 Å². The first-order chi connectivity index (χ1) is 26.8. The van der Waals surface area contributed by atoms with Crippen molar-refractivity contribution in [2.45, 2.75) is 17.0 Å². The van der Waals surface area contributed by atoms with Crippen LogP contribution in [0.3, 0.4) is 0 Å². The molecule has 2 aliphatic rings. The fourth-order valence-electron chi connectivity index (χ4n) is 7.32. The molecule has 0 aliphatic carbocycles. The maximum absolute atomic E-state index is 14.6. The number of benzene rings is 5. The molecule has 0 spiro atoms. The fourth-order valence-corrected chi connectivity index (χ4v) is 8.90. The number of ether oxygens (including phenoxy) is 3. The first kappa shape index (κ1) is 37.6. The van der Waals surface area contributed by atoms with Gasteiger partial charge in [-0.1, -0.05) is 78.9 Å². The predicted molar refractivity (Wildman–Crippen MR) is 209 cm³/mol. The number of carbonyl (C=O) groups is 2. The molecule has 2 amide bonds. The Morgan fingerprint density at radius 3 is 1.75 bits per heavy atom. The summed E-state index contributed by atoms with van der Waals surface area (Å²) in [6.07, 6.45) is 0. The van der Waals surface area contributed by atoms with Gasteiger partial charge < -0.3 is 24.0 Å². The second kappa shape index (κ2) is 16.8. The fraction of sp³-hybridized carbons (Fsp3) is 0.256. The van der Waals surface area contributed by atoms with Gasteiger partial charge in [0.2, 0.25) is 15.9 Å². The lowest BCUT2D eigenvalue weighted by molar-refractivity contribution is -0.138. The summed E-state index contributed by atoms with van der Waals surface area (Å²) < 4.78 is 46.6. The Morgan fingerprint density at radius 2 is 1.16 bits per heavy atom. The minimum atomic E-state index is -4.21. The van der Waals surface area contributed by atoms with E-state index in [4.69, 9.17) is 14.2 Å². The zero-order valence-corrected chi connectivity index (χ0v) is 31.7. The van der Waals surface area contributed by atoms with Gasteiger partial charge >= 0.3 is 0 Å². The Balaban J connectivity index is 1.13. The smallest absolute Gasteiger partial charge is 0.253 e. The van der Waals surface area contributed by atoms with E-state index in [1.165, 1.54) is 36.7 Å². The minimum Gasteiger partial charge on any atom is -0.493 e. The summed E-state index contributed by atoms with van der Waals surface area (Å²) in [6, 6.07) is 39.9. The topological polar surface area (TPSA) is 109 Å². The highest BCUT2D eigenvalue weighted by atomic mass is 32.2. The molecule has 0 radical (unpaired) electrons. The van der Waals surface area contributed by atoms with E-state index in [0.29, 0.717) is 49.0 Å². The highest BCUT2D eigenvalue weighted by molar-refractivity contribution is 7.89. The molecule has 284 valence electrons. The van der Waals surface area contributed by atoms with Crippen molar-refractivity contribution in [3.05, 3.63) is 150 Å². The Kier molecular flexibility index (Phi) is 11.5. The van der Waals surface area contributed by atoms with Crippen LogP contribution in [0.2, 0.25) is 0 Å². The van der Waals surface area contributed by atoms with Crippen LogP contribution >= 0.6 is 0 Å². The van der Waals surface area contributed by atoms with Gasteiger partial charge in [0, 0.05) is 57.4 Å². The van der Waals surface area contributed by atoms with E-state index in [1.807, 2.05) is 66.7 Å². The van der Waals surface area contributed by atoms with Gasteiger partial charge in [-0.2, -0.15) is 4.31 Å². The molecule has 2 saturated heterocycles. The van der Waals surface area contributed by atoms with Crippen LogP contribution in [0, 0.1) is 0 Å². The van der Waals surface area contributed by atoms with Crippen LogP contribution in [-0.2, 0) is 14.8 Å². The zero-order valence-electron chi connectivity index (χ0n) is 30.9. The number of amides is 2. The number of nitrogens with zero attached hydrogens (tertiary/aromatic N) is 4. The van der Waals surface area contributed by atoms with E-state index in [9.17, 15) is 18.0 Å². The Labute approximate surface area is 322 Å². The Bertz CT molecular complexity index is 2140. The first-order valence-corrected chi connectivity index (χ1v) is 19.7. The van der Waals surface area contributed by atoms with Crippen LogP contribution in [0.25, 0.3) is 0 Å². The lowest BCUT2D eigenvalue weighted by Crippen LogP contribution is -2.63. The third-order valence-electron chi connectivity index (χ3n) is 10.2. The van der Waals surface area contributed by atoms with Crippen molar-refractivity contribution in [1.29, 1.82) is 0 Å². The van der Waals surface area contributed by atoms with Crippen LogP contribution in [0.15, 0.2) is 138 Å². The van der Waals surface area contributed by atoms with Crippen LogP contribution in [-0.4, -0.2) is 105 Å². The standard InChI is InChI=1S/C43H44N4O7S/c1-52-39-23-22-37(30-40(39)53-2)55(50,51)47-29-28-46(42(48)34-18-20-36(21-19-34)54-35-16-10-5-11-17-35)31-38(47)43(49)45-26-24-44(25-27-45)41(32-12-6-3-7-13-32)33-14-8-4-9-15-33/h3-23,30,38,41H,24-29,31H2,1-2H3/t38-/m0/s1. The second-order valence-corrected chi connectivity index (χ2v) is 15.3. The molecule has 2 fully saturated rings. The van der Waals surface area contributed by atoms with Gasteiger partial charge in [0.25, 0.3) is 5.91 Å². The maximum atomic E-state index is 14.6. The predicted octanol–water partition coefficient (Wildman–Crippen LogP) is 5.95. The minimum absolute atomic E-state index is 0.00569. The molecular weight excluding hydrogens is 717 g/mol. The van der Waals surface area contributed by atoms with E-state index in [2.05, 4.69) is 29.2 Å². The van der Waals surface area contributed by atoms with Crippen molar-refractivity contribution in [3.8, 4) is 23.0 Å². The maximum Gasteiger partial charge on any atom is 0.253 e. The largest absolute Gasteiger partial charge is 0.493 e. The van der Waals surface area contributed by atoms with Crippen LogP contribution in [0.1, 0.15) is 27.5 Å².